The topological polar surface area (TPSA) is 77.8 Å². The molecule has 0 aliphatic heterocycles. The van der Waals surface area contributed by atoms with E-state index in [-0.39, 0.29) is 5.84 Å². The van der Waals surface area contributed by atoms with Crippen LogP contribution in [0.15, 0.2) is 84.0 Å². The predicted octanol–water partition coefficient (Wildman–Crippen LogP) is 3.95. The molecule has 0 saturated carbocycles. The quantitative estimate of drug-likeness (QED) is 0.427. The van der Waals surface area contributed by atoms with Crippen molar-refractivity contribution in [3.05, 3.63) is 84.6 Å². The van der Waals surface area contributed by atoms with Crippen molar-refractivity contribution in [2.24, 2.45) is 4.99 Å². The Bertz CT molecular complexity index is 911. The highest BCUT2D eigenvalue weighted by atomic mass is 16.5. The zero-order chi connectivity index (χ0) is 18.4. The number of benzene rings is 2. The van der Waals surface area contributed by atoms with Gasteiger partial charge >= 0.3 is 0 Å². The third kappa shape index (κ3) is 4.31. The molecular formula is C20H18N4O2. The Balaban J connectivity index is 1.94. The number of carbonyl (C=O) groups excluding carboxylic acids is 1. The molecule has 1 aromatic heterocycles. The number of aryl methyl sites for hydroxylation is 1. The van der Waals surface area contributed by atoms with Gasteiger partial charge in [-0.25, -0.2) is 15.0 Å². The molecule has 0 fully saturated rings. The van der Waals surface area contributed by atoms with Crippen LogP contribution in [-0.2, 0) is 4.79 Å². The fourth-order valence-electron chi connectivity index (χ4n) is 2.29. The highest BCUT2D eigenvalue weighted by Crippen LogP contribution is 2.17. The van der Waals surface area contributed by atoms with Gasteiger partial charge in [0.25, 0.3) is 5.91 Å². The van der Waals surface area contributed by atoms with Crippen molar-refractivity contribution < 1.29 is 10.0 Å². The van der Waals surface area contributed by atoms with Crippen molar-refractivity contribution in [1.82, 2.24) is 4.98 Å². The largest absolute Gasteiger partial charge is 0.304 e. The molecule has 3 rings (SSSR count). The minimum atomic E-state index is -0.571. The lowest BCUT2D eigenvalue weighted by molar-refractivity contribution is -0.110. The van der Waals surface area contributed by atoms with E-state index in [0.717, 1.165) is 10.6 Å². The molecule has 2 N–H and O–H groups in total. The van der Waals surface area contributed by atoms with Crippen molar-refractivity contribution >= 4 is 28.9 Å². The summed E-state index contributed by atoms with van der Waals surface area (Å²) < 4.78 is 0. The number of anilines is 2. The van der Waals surface area contributed by atoms with Gasteiger partial charge in [-0.1, -0.05) is 36.4 Å². The Kier molecular flexibility index (Phi) is 5.36. The summed E-state index contributed by atoms with van der Waals surface area (Å²) in [6.45, 7) is 1.90. The van der Waals surface area contributed by atoms with Gasteiger partial charge in [-0.2, -0.15) is 0 Å². The van der Waals surface area contributed by atoms with E-state index in [2.05, 4.69) is 15.3 Å². The normalized spacial score (nSPS) is 11.1. The van der Waals surface area contributed by atoms with Crippen LogP contribution < -0.4 is 10.4 Å². The molecular weight excluding hydrogens is 328 g/mol. The number of aliphatic imine (C=N–C) groups is 1. The van der Waals surface area contributed by atoms with Crippen molar-refractivity contribution in [2.45, 2.75) is 6.92 Å². The SMILES string of the molecule is Cc1ccnc(NC(=O)C(=Nc2ccccc2)N(O)c2ccccc2)c1. The number of rotatable bonds is 3. The van der Waals surface area contributed by atoms with Gasteiger partial charge in [0.05, 0.1) is 11.4 Å². The molecule has 1 heterocycles. The van der Waals surface area contributed by atoms with E-state index in [9.17, 15) is 10.0 Å². The van der Waals surface area contributed by atoms with Crippen LogP contribution in [0.1, 0.15) is 5.56 Å². The molecule has 0 saturated heterocycles. The number of hydroxylamine groups is 1. The van der Waals surface area contributed by atoms with E-state index in [4.69, 9.17) is 0 Å². The minimum absolute atomic E-state index is 0.161. The molecule has 0 radical (unpaired) electrons. The van der Waals surface area contributed by atoms with Crippen LogP contribution >= 0.6 is 0 Å². The van der Waals surface area contributed by atoms with Gasteiger partial charge in [0.15, 0.2) is 0 Å². The second kappa shape index (κ2) is 8.04. The number of carbonyl (C=O) groups is 1. The number of hydrogen-bond acceptors (Lipinski definition) is 4. The van der Waals surface area contributed by atoms with E-state index in [1.165, 1.54) is 0 Å². The summed E-state index contributed by atoms with van der Waals surface area (Å²) in [5.41, 5.74) is 1.93. The molecule has 6 heteroatoms. The molecule has 26 heavy (non-hydrogen) atoms. The first kappa shape index (κ1) is 17.3. The van der Waals surface area contributed by atoms with Crippen molar-refractivity contribution in [2.75, 3.05) is 10.4 Å². The maximum Gasteiger partial charge on any atom is 0.295 e. The molecule has 2 aromatic carbocycles. The lowest BCUT2D eigenvalue weighted by Crippen LogP contribution is -2.38. The van der Waals surface area contributed by atoms with Gasteiger partial charge in [0.2, 0.25) is 5.84 Å². The summed E-state index contributed by atoms with van der Waals surface area (Å²) in [4.78, 5) is 21.2. The van der Waals surface area contributed by atoms with E-state index in [1.54, 1.807) is 60.8 Å². The number of aromatic nitrogens is 1. The third-order valence-electron chi connectivity index (χ3n) is 3.55. The molecule has 3 aromatic rings. The Labute approximate surface area is 151 Å². The fraction of sp³-hybridized carbons (Fsp3) is 0.0500. The monoisotopic (exact) mass is 346 g/mol. The minimum Gasteiger partial charge on any atom is -0.304 e. The zero-order valence-electron chi connectivity index (χ0n) is 14.2. The Morgan fingerprint density at radius 1 is 1.04 bits per heavy atom. The number of nitrogens with zero attached hydrogens (tertiary/aromatic N) is 3. The average Bonchev–Trinajstić information content (AvgIpc) is 2.67. The maximum atomic E-state index is 12.8. The van der Waals surface area contributed by atoms with Gasteiger partial charge < -0.3 is 5.32 Å². The molecule has 0 bridgehead atoms. The fourth-order valence-corrected chi connectivity index (χ4v) is 2.29. The van der Waals surface area contributed by atoms with Crippen LogP contribution in [0, 0.1) is 6.92 Å². The van der Waals surface area contributed by atoms with Crippen LogP contribution in [0.5, 0.6) is 0 Å². The van der Waals surface area contributed by atoms with E-state index in [0.29, 0.717) is 17.2 Å². The summed E-state index contributed by atoms with van der Waals surface area (Å²) in [5.74, 6) is -0.346. The molecule has 0 unspecified atom stereocenters. The molecule has 0 aliphatic rings. The first-order chi connectivity index (χ1) is 12.6. The number of amidine groups is 1. The summed E-state index contributed by atoms with van der Waals surface area (Å²) in [6, 6.07) is 21.2. The van der Waals surface area contributed by atoms with Gasteiger partial charge in [0, 0.05) is 6.20 Å². The number of para-hydroxylation sites is 2. The van der Waals surface area contributed by atoms with E-state index in [1.807, 2.05) is 25.1 Å². The number of amides is 1. The summed E-state index contributed by atoms with van der Waals surface area (Å²) in [5, 5.41) is 14.0. The molecule has 6 nitrogen and oxygen atoms in total. The first-order valence-electron chi connectivity index (χ1n) is 8.05. The van der Waals surface area contributed by atoms with Crippen molar-refractivity contribution in [1.29, 1.82) is 0 Å². The molecule has 0 spiro atoms. The van der Waals surface area contributed by atoms with Crippen molar-refractivity contribution in [3.8, 4) is 0 Å². The second-order valence-electron chi connectivity index (χ2n) is 5.59. The summed E-state index contributed by atoms with van der Waals surface area (Å²) in [6.07, 6.45) is 1.60. The Morgan fingerprint density at radius 3 is 2.35 bits per heavy atom. The smallest absolute Gasteiger partial charge is 0.295 e. The second-order valence-corrected chi connectivity index (χ2v) is 5.59. The van der Waals surface area contributed by atoms with Crippen LogP contribution in [-0.4, -0.2) is 21.9 Å². The molecule has 0 aliphatic carbocycles. The predicted molar refractivity (Wildman–Crippen MR) is 102 cm³/mol. The summed E-state index contributed by atoms with van der Waals surface area (Å²) >= 11 is 0. The van der Waals surface area contributed by atoms with Gasteiger partial charge in [0.1, 0.15) is 5.82 Å². The van der Waals surface area contributed by atoms with Gasteiger partial charge in [-0.05, 0) is 48.9 Å². The van der Waals surface area contributed by atoms with Crippen LogP contribution in [0.4, 0.5) is 17.2 Å². The van der Waals surface area contributed by atoms with Crippen LogP contribution in [0.25, 0.3) is 0 Å². The van der Waals surface area contributed by atoms with Crippen LogP contribution in [0.3, 0.4) is 0 Å². The molecule has 1 amide bonds. The van der Waals surface area contributed by atoms with E-state index < -0.39 is 5.91 Å². The highest BCUT2D eigenvalue weighted by molar-refractivity contribution is 6.46. The zero-order valence-corrected chi connectivity index (χ0v) is 14.2. The highest BCUT2D eigenvalue weighted by Gasteiger charge is 2.20. The van der Waals surface area contributed by atoms with E-state index >= 15 is 0 Å². The number of hydrogen-bond donors (Lipinski definition) is 2. The number of nitrogens with one attached hydrogen (secondary N) is 1. The first-order valence-corrected chi connectivity index (χ1v) is 8.05. The average molecular weight is 346 g/mol. The van der Waals surface area contributed by atoms with Crippen molar-refractivity contribution in [3.63, 3.8) is 0 Å². The summed E-state index contributed by atoms with van der Waals surface area (Å²) in [7, 11) is 0. The van der Waals surface area contributed by atoms with Gasteiger partial charge in [-0.15, -0.1) is 0 Å². The standard InChI is InChI=1S/C20H18N4O2/c1-15-12-13-21-18(14-15)23-20(25)19(22-16-8-4-2-5-9-16)24(26)17-10-6-3-7-11-17/h2-14,26H,1H3,(H,21,23,25). The molecule has 0 atom stereocenters. The maximum absolute atomic E-state index is 12.8. The number of pyridine rings is 1. The Hall–Kier alpha value is -3.51. The third-order valence-corrected chi connectivity index (χ3v) is 3.55. The van der Waals surface area contributed by atoms with Gasteiger partial charge in [-0.3, -0.25) is 10.0 Å². The lowest BCUT2D eigenvalue weighted by Gasteiger charge is -2.18. The van der Waals surface area contributed by atoms with Crippen LogP contribution in [0.2, 0.25) is 0 Å². The molecule has 130 valence electrons. The lowest BCUT2D eigenvalue weighted by atomic mass is 10.3. The Morgan fingerprint density at radius 2 is 1.69 bits per heavy atom.